The van der Waals surface area contributed by atoms with E-state index >= 15 is 0 Å². The van der Waals surface area contributed by atoms with Gasteiger partial charge in [-0.1, -0.05) is 11.8 Å². The van der Waals surface area contributed by atoms with Gasteiger partial charge in [-0.05, 0) is 52.0 Å². The van der Waals surface area contributed by atoms with Crippen LogP contribution in [0.3, 0.4) is 0 Å². The minimum atomic E-state index is -0.0941. The number of rotatable bonds is 7. The first-order valence-corrected chi connectivity index (χ1v) is 7.94. The van der Waals surface area contributed by atoms with Crippen LogP contribution in [0.4, 0.5) is 0 Å². The molecule has 0 aromatic carbocycles. The van der Waals surface area contributed by atoms with Crippen LogP contribution in [-0.2, 0) is 11.3 Å². The highest BCUT2D eigenvalue weighted by Crippen LogP contribution is 2.15. The van der Waals surface area contributed by atoms with Crippen molar-refractivity contribution in [2.24, 2.45) is 0 Å². The number of thioether (sulfide) groups is 1. The van der Waals surface area contributed by atoms with Crippen molar-refractivity contribution in [1.82, 2.24) is 25.5 Å². The summed E-state index contributed by atoms with van der Waals surface area (Å²) in [7, 11) is 0. The van der Waals surface area contributed by atoms with E-state index in [1.54, 1.807) is 11.8 Å². The molecule has 1 heterocycles. The largest absolute Gasteiger partial charge is 0.375 e. The number of hydrogen-bond donors (Lipinski definition) is 1. The lowest BCUT2D eigenvalue weighted by atomic mass is 10.1. The minimum absolute atomic E-state index is 0.0941. The molecule has 0 unspecified atom stereocenters. The molecule has 0 aliphatic heterocycles. The monoisotopic (exact) mass is 301 g/mol. The maximum absolute atomic E-state index is 5.68. The fraction of sp³-hybridized carbons (Fsp3) is 0.923. The van der Waals surface area contributed by atoms with Gasteiger partial charge in [0.1, 0.15) is 0 Å². The van der Waals surface area contributed by atoms with E-state index < -0.39 is 0 Å². The van der Waals surface area contributed by atoms with E-state index in [0.29, 0.717) is 6.61 Å². The molecule has 0 spiro atoms. The zero-order chi connectivity index (χ0) is 15.2. The summed E-state index contributed by atoms with van der Waals surface area (Å²) >= 11 is 1.63. The predicted octanol–water partition coefficient (Wildman–Crippen LogP) is 1.97. The van der Waals surface area contributed by atoms with Gasteiger partial charge in [0.05, 0.1) is 18.8 Å². The number of aromatic nitrogens is 4. The van der Waals surface area contributed by atoms with E-state index in [1.807, 2.05) is 4.68 Å². The number of tetrazole rings is 1. The van der Waals surface area contributed by atoms with Gasteiger partial charge in [0.15, 0.2) is 0 Å². The molecule has 1 rings (SSSR count). The Labute approximate surface area is 126 Å². The number of hydrogen-bond acceptors (Lipinski definition) is 6. The summed E-state index contributed by atoms with van der Waals surface area (Å²) in [6, 6.07) is 0. The van der Waals surface area contributed by atoms with E-state index in [9.17, 15) is 0 Å². The van der Waals surface area contributed by atoms with Crippen LogP contribution in [0.15, 0.2) is 5.16 Å². The van der Waals surface area contributed by atoms with Crippen molar-refractivity contribution < 1.29 is 4.74 Å². The van der Waals surface area contributed by atoms with Gasteiger partial charge in [0.2, 0.25) is 5.16 Å². The van der Waals surface area contributed by atoms with Gasteiger partial charge in [0.25, 0.3) is 0 Å². The second-order valence-corrected chi connectivity index (χ2v) is 7.73. The average molecular weight is 301 g/mol. The van der Waals surface area contributed by atoms with Crippen molar-refractivity contribution in [3.63, 3.8) is 0 Å². The lowest BCUT2D eigenvalue weighted by molar-refractivity contribution is 0.00692. The molecule has 1 aromatic heterocycles. The van der Waals surface area contributed by atoms with Crippen molar-refractivity contribution in [1.29, 1.82) is 0 Å². The van der Waals surface area contributed by atoms with Crippen LogP contribution >= 0.6 is 11.8 Å². The maximum Gasteiger partial charge on any atom is 0.209 e. The molecule has 20 heavy (non-hydrogen) atoms. The van der Waals surface area contributed by atoms with Crippen molar-refractivity contribution in [3.8, 4) is 0 Å². The highest BCUT2D eigenvalue weighted by molar-refractivity contribution is 7.99. The van der Waals surface area contributed by atoms with Gasteiger partial charge in [-0.3, -0.25) is 0 Å². The predicted molar refractivity (Wildman–Crippen MR) is 82.0 cm³/mol. The second-order valence-electron chi connectivity index (χ2n) is 6.67. The Kier molecular flexibility index (Phi) is 6.42. The molecule has 6 nitrogen and oxygen atoms in total. The Bertz CT molecular complexity index is 394. The summed E-state index contributed by atoms with van der Waals surface area (Å²) < 4.78 is 7.52. The van der Waals surface area contributed by atoms with Crippen LogP contribution in [-0.4, -0.2) is 50.3 Å². The Morgan fingerprint density at radius 3 is 2.50 bits per heavy atom. The summed E-state index contributed by atoms with van der Waals surface area (Å²) in [5.41, 5.74) is 0.0188. The lowest BCUT2D eigenvalue weighted by Gasteiger charge is -2.20. The highest BCUT2D eigenvalue weighted by atomic mass is 32.2. The number of nitrogens with zero attached hydrogens (tertiary/aromatic N) is 4. The SMILES string of the molecule is CC(C)(C)NCCn1nnnc1SCCOC(C)(C)C. The molecule has 0 atom stereocenters. The Morgan fingerprint density at radius 1 is 1.20 bits per heavy atom. The van der Waals surface area contributed by atoms with Crippen LogP contribution in [0, 0.1) is 0 Å². The molecule has 0 bridgehead atoms. The lowest BCUT2D eigenvalue weighted by Crippen LogP contribution is -2.38. The zero-order valence-electron chi connectivity index (χ0n) is 13.4. The van der Waals surface area contributed by atoms with Crippen LogP contribution < -0.4 is 5.32 Å². The van der Waals surface area contributed by atoms with E-state index in [1.165, 1.54) is 0 Å². The third kappa shape index (κ3) is 7.81. The van der Waals surface area contributed by atoms with E-state index in [-0.39, 0.29) is 11.1 Å². The third-order valence-corrected chi connectivity index (χ3v) is 3.25. The zero-order valence-corrected chi connectivity index (χ0v) is 14.3. The van der Waals surface area contributed by atoms with Gasteiger partial charge >= 0.3 is 0 Å². The summed E-state index contributed by atoms with van der Waals surface area (Å²) in [6.45, 7) is 14.9. The quantitative estimate of drug-likeness (QED) is 0.613. The molecule has 0 fully saturated rings. The average Bonchev–Trinajstić information content (AvgIpc) is 2.69. The molecular weight excluding hydrogens is 274 g/mol. The molecule has 0 radical (unpaired) electrons. The maximum atomic E-state index is 5.68. The Morgan fingerprint density at radius 2 is 1.90 bits per heavy atom. The van der Waals surface area contributed by atoms with Gasteiger partial charge in [-0.25, -0.2) is 4.68 Å². The molecular formula is C13H27N5OS. The minimum Gasteiger partial charge on any atom is -0.375 e. The smallest absolute Gasteiger partial charge is 0.209 e. The summed E-state index contributed by atoms with van der Waals surface area (Å²) in [5, 5.41) is 16.1. The molecule has 1 aromatic rings. The fourth-order valence-corrected chi connectivity index (χ4v) is 2.18. The van der Waals surface area contributed by atoms with Crippen molar-refractivity contribution >= 4 is 11.8 Å². The molecule has 116 valence electrons. The molecule has 0 amide bonds. The first-order chi connectivity index (χ1) is 9.17. The van der Waals surface area contributed by atoms with E-state index in [4.69, 9.17) is 4.74 Å². The van der Waals surface area contributed by atoms with Crippen LogP contribution in [0.1, 0.15) is 41.5 Å². The highest BCUT2D eigenvalue weighted by Gasteiger charge is 2.12. The third-order valence-electron chi connectivity index (χ3n) is 2.33. The molecule has 1 N–H and O–H groups in total. The van der Waals surface area contributed by atoms with Gasteiger partial charge in [-0.15, -0.1) is 5.10 Å². The normalized spacial score (nSPS) is 12.9. The summed E-state index contributed by atoms with van der Waals surface area (Å²) in [6.07, 6.45) is 0. The number of nitrogens with one attached hydrogen (secondary N) is 1. The van der Waals surface area contributed by atoms with Gasteiger partial charge in [-0.2, -0.15) is 0 Å². The van der Waals surface area contributed by atoms with E-state index in [0.717, 1.165) is 24.0 Å². The van der Waals surface area contributed by atoms with Crippen molar-refractivity contribution in [2.45, 2.75) is 64.4 Å². The summed E-state index contributed by atoms with van der Waals surface area (Å²) in [5.74, 6) is 0.852. The molecule has 0 aliphatic carbocycles. The van der Waals surface area contributed by atoms with Crippen LogP contribution in [0.2, 0.25) is 0 Å². The van der Waals surface area contributed by atoms with Gasteiger partial charge < -0.3 is 10.1 Å². The second kappa shape index (κ2) is 7.38. The first-order valence-electron chi connectivity index (χ1n) is 6.95. The van der Waals surface area contributed by atoms with Gasteiger partial charge in [0, 0.05) is 17.8 Å². The molecule has 0 saturated heterocycles. The molecule has 0 aliphatic rings. The van der Waals surface area contributed by atoms with Crippen LogP contribution in [0.5, 0.6) is 0 Å². The Hall–Kier alpha value is -0.660. The van der Waals surface area contributed by atoms with Crippen LogP contribution in [0.25, 0.3) is 0 Å². The number of ether oxygens (including phenoxy) is 1. The first kappa shape index (κ1) is 17.4. The van der Waals surface area contributed by atoms with Crippen molar-refractivity contribution in [3.05, 3.63) is 0 Å². The van der Waals surface area contributed by atoms with Crippen molar-refractivity contribution in [2.75, 3.05) is 18.9 Å². The fourth-order valence-electron chi connectivity index (χ4n) is 1.46. The molecule has 0 saturated carbocycles. The topological polar surface area (TPSA) is 64.9 Å². The molecule has 7 heteroatoms. The van der Waals surface area contributed by atoms with E-state index in [2.05, 4.69) is 62.4 Å². The standard InChI is InChI=1S/C13H27N5OS/c1-12(2,3)14-7-8-18-11(15-16-17-18)20-10-9-19-13(4,5)6/h14H,7-10H2,1-6H3. The Balaban J connectivity index is 2.32. The summed E-state index contributed by atoms with van der Waals surface area (Å²) in [4.78, 5) is 0.